The van der Waals surface area contributed by atoms with E-state index in [2.05, 4.69) is 4.74 Å². The summed E-state index contributed by atoms with van der Waals surface area (Å²) in [5, 5.41) is 36.3. The first-order valence-corrected chi connectivity index (χ1v) is 5.87. The van der Waals surface area contributed by atoms with Crippen molar-refractivity contribution in [1.29, 1.82) is 0 Å². The van der Waals surface area contributed by atoms with Gasteiger partial charge in [-0.1, -0.05) is 30.3 Å². The predicted octanol–water partition coefficient (Wildman–Crippen LogP) is -1.63. The zero-order valence-electron chi connectivity index (χ0n) is 10.5. The Kier molecular flexibility index (Phi) is 6.26. The van der Waals surface area contributed by atoms with Gasteiger partial charge in [0.1, 0.15) is 18.8 Å². The Morgan fingerprint density at radius 3 is 2.25 bits per heavy atom. The molecule has 0 heterocycles. The molecule has 0 aliphatic heterocycles. The fraction of sp³-hybridized carbons (Fsp3) is 0.385. The summed E-state index contributed by atoms with van der Waals surface area (Å²) in [5.74, 6) is -2.72. The number of Topliss-reactive ketones (excluding diaryl/α,β-unsaturated/α-hetero) is 1. The molecule has 0 unspecified atom stereocenters. The topological polar surface area (TPSA) is 124 Å². The molecule has 110 valence electrons. The third-order valence-corrected chi connectivity index (χ3v) is 2.59. The van der Waals surface area contributed by atoms with Gasteiger partial charge in [-0.3, -0.25) is 4.79 Å². The Bertz CT molecular complexity index is 445. The Balaban J connectivity index is 2.52. The highest BCUT2D eigenvalue weighted by molar-refractivity contribution is 6.35. The molecule has 1 aromatic rings. The Morgan fingerprint density at radius 2 is 1.70 bits per heavy atom. The van der Waals surface area contributed by atoms with Crippen LogP contribution in [0.25, 0.3) is 0 Å². The van der Waals surface area contributed by atoms with Gasteiger partial charge in [0.2, 0.25) is 0 Å². The lowest BCUT2D eigenvalue weighted by Crippen LogP contribution is -2.46. The van der Waals surface area contributed by atoms with Crippen molar-refractivity contribution in [2.45, 2.75) is 24.9 Å². The van der Waals surface area contributed by atoms with Crippen LogP contribution >= 0.6 is 0 Å². The summed E-state index contributed by atoms with van der Waals surface area (Å²) in [4.78, 5) is 22.8. The van der Waals surface area contributed by atoms with Gasteiger partial charge in [-0.2, -0.15) is 0 Å². The SMILES string of the molecule is O=C(OCc1ccccc1)C(=O)[C@@H](O)[C@H](O)[C@@H](O)CO. The average molecular weight is 284 g/mol. The minimum Gasteiger partial charge on any atom is -0.455 e. The maximum Gasteiger partial charge on any atom is 0.377 e. The van der Waals surface area contributed by atoms with Crippen LogP contribution in [-0.2, 0) is 20.9 Å². The maximum atomic E-state index is 11.4. The van der Waals surface area contributed by atoms with Crippen molar-refractivity contribution in [3.63, 3.8) is 0 Å². The highest BCUT2D eigenvalue weighted by atomic mass is 16.5. The van der Waals surface area contributed by atoms with Gasteiger partial charge in [0.25, 0.3) is 5.78 Å². The molecule has 0 radical (unpaired) electrons. The summed E-state index contributed by atoms with van der Waals surface area (Å²) in [6, 6.07) is 8.58. The first-order valence-electron chi connectivity index (χ1n) is 5.87. The van der Waals surface area contributed by atoms with Crippen LogP contribution in [0.2, 0.25) is 0 Å². The molecule has 7 heteroatoms. The molecular weight excluding hydrogens is 268 g/mol. The van der Waals surface area contributed by atoms with E-state index in [1.54, 1.807) is 30.3 Å². The fourth-order valence-electron chi connectivity index (χ4n) is 1.39. The molecule has 0 bridgehead atoms. The third-order valence-electron chi connectivity index (χ3n) is 2.59. The summed E-state index contributed by atoms with van der Waals surface area (Å²) in [5.41, 5.74) is 0.652. The number of hydrogen-bond acceptors (Lipinski definition) is 7. The summed E-state index contributed by atoms with van der Waals surface area (Å²) in [6.07, 6.45) is -5.84. The second-order valence-electron chi connectivity index (χ2n) is 4.11. The van der Waals surface area contributed by atoms with E-state index in [0.717, 1.165) is 0 Å². The monoisotopic (exact) mass is 284 g/mol. The van der Waals surface area contributed by atoms with Crippen molar-refractivity contribution in [1.82, 2.24) is 0 Å². The summed E-state index contributed by atoms with van der Waals surface area (Å²) in [6.45, 7) is -1.01. The molecular formula is C13H16O7. The highest BCUT2D eigenvalue weighted by Crippen LogP contribution is 2.05. The van der Waals surface area contributed by atoms with Gasteiger partial charge >= 0.3 is 5.97 Å². The van der Waals surface area contributed by atoms with E-state index in [-0.39, 0.29) is 6.61 Å². The van der Waals surface area contributed by atoms with Crippen molar-refractivity contribution >= 4 is 11.8 Å². The molecule has 0 saturated carbocycles. The van der Waals surface area contributed by atoms with Crippen LogP contribution in [0.3, 0.4) is 0 Å². The second kappa shape index (κ2) is 7.71. The molecule has 1 aromatic carbocycles. The smallest absolute Gasteiger partial charge is 0.377 e. The van der Waals surface area contributed by atoms with Gasteiger partial charge in [-0.25, -0.2) is 4.79 Å². The van der Waals surface area contributed by atoms with Crippen LogP contribution in [0.1, 0.15) is 5.56 Å². The molecule has 3 atom stereocenters. The van der Waals surface area contributed by atoms with Gasteiger partial charge in [-0.15, -0.1) is 0 Å². The van der Waals surface area contributed by atoms with Crippen molar-refractivity contribution < 1.29 is 34.8 Å². The van der Waals surface area contributed by atoms with Crippen LogP contribution in [0.4, 0.5) is 0 Å². The number of rotatable bonds is 7. The van der Waals surface area contributed by atoms with Crippen LogP contribution < -0.4 is 0 Å². The summed E-state index contributed by atoms with van der Waals surface area (Å²) >= 11 is 0. The lowest BCUT2D eigenvalue weighted by atomic mass is 10.0. The van der Waals surface area contributed by atoms with Crippen LogP contribution in [0.5, 0.6) is 0 Å². The van der Waals surface area contributed by atoms with Gasteiger partial charge in [0.05, 0.1) is 6.61 Å². The first kappa shape index (κ1) is 16.3. The van der Waals surface area contributed by atoms with Gasteiger partial charge in [0, 0.05) is 0 Å². The van der Waals surface area contributed by atoms with Crippen molar-refractivity contribution in [3.8, 4) is 0 Å². The quantitative estimate of drug-likeness (QED) is 0.350. The average Bonchev–Trinajstić information content (AvgIpc) is 2.50. The molecule has 0 aliphatic rings. The number of carbonyl (C=O) groups excluding carboxylic acids is 2. The predicted molar refractivity (Wildman–Crippen MR) is 66.4 cm³/mol. The zero-order chi connectivity index (χ0) is 15.1. The lowest BCUT2D eigenvalue weighted by Gasteiger charge is -2.19. The van der Waals surface area contributed by atoms with E-state index < -0.39 is 36.7 Å². The van der Waals surface area contributed by atoms with Gasteiger partial charge < -0.3 is 25.2 Å². The van der Waals surface area contributed by atoms with E-state index in [1.807, 2.05) is 0 Å². The van der Waals surface area contributed by atoms with E-state index in [4.69, 9.17) is 10.2 Å². The number of benzene rings is 1. The maximum absolute atomic E-state index is 11.4. The van der Waals surface area contributed by atoms with Crippen molar-refractivity contribution in [3.05, 3.63) is 35.9 Å². The molecule has 1 rings (SSSR count). The Morgan fingerprint density at radius 1 is 1.10 bits per heavy atom. The van der Waals surface area contributed by atoms with E-state index in [1.165, 1.54) is 0 Å². The molecule has 20 heavy (non-hydrogen) atoms. The minimum absolute atomic E-state index is 0.156. The Labute approximate surface area is 115 Å². The fourth-order valence-corrected chi connectivity index (χ4v) is 1.39. The molecule has 0 saturated heterocycles. The third kappa shape index (κ3) is 4.39. The number of ketones is 1. The zero-order valence-corrected chi connectivity index (χ0v) is 10.5. The summed E-state index contributed by atoms with van der Waals surface area (Å²) in [7, 11) is 0. The summed E-state index contributed by atoms with van der Waals surface area (Å²) < 4.78 is 4.67. The molecule has 4 N–H and O–H groups in total. The number of carbonyl (C=O) groups is 2. The van der Waals surface area contributed by atoms with Crippen LogP contribution in [0.15, 0.2) is 30.3 Å². The largest absolute Gasteiger partial charge is 0.455 e. The minimum atomic E-state index is -2.15. The molecule has 0 aliphatic carbocycles. The van der Waals surface area contributed by atoms with E-state index in [0.29, 0.717) is 5.56 Å². The van der Waals surface area contributed by atoms with E-state index in [9.17, 15) is 19.8 Å². The van der Waals surface area contributed by atoms with Gasteiger partial charge in [0.15, 0.2) is 6.10 Å². The highest BCUT2D eigenvalue weighted by Gasteiger charge is 2.34. The van der Waals surface area contributed by atoms with Crippen LogP contribution in [-0.4, -0.2) is 57.1 Å². The first-order chi connectivity index (χ1) is 9.47. The number of ether oxygens (including phenoxy) is 1. The molecule has 0 aromatic heterocycles. The number of esters is 1. The van der Waals surface area contributed by atoms with Gasteiger partial charge in [-0.05, 0) is 5.56 Å². The number of aliphatic hydroxyl groups excluding tert-OH is 4. The normalized spacial score (nSPS) is 15.2. The number of aliphatic hydroxyl groups is 4. The van der Waals surface area contributed by atoms with Crippen LogP contribution in [0, 0.1) is 0 Å². The molecule has 0 spiro atoms. The standard InChI is InChI=1S/C13H16O7/c14-6-9(15)10(16)11(17)12(18)13(19)20-7-8-4-2-1-3-5-8/h1-5,9-11,14-17H,6-7H2/t9-,10+,11-/m0/s1. The molecule has 7 nitrogen and oxygen atoms in total. The van der Waals surface area contributed by atoms with Crippen molar-refractivity contribution in [2.75, 3.05) is 6.61 Å². The Hall–Kier alpha value is -1.80. The number of hydrogen-bond donors (Lipinski definition) is 4. The molecule has 0 amide bonds. The second-order valence-corrected chi connectivity index (χ2v) is 4.11. The molecule has 0 fully saturated rings. The van der Waals surface area contributed by atoms with E-state index >= 15 is 0 Å². The van der Waals surface area contributed by atoms with Crippen molar-refractivity contribution in [2.24, 2.45) is 0 Å². The lowest BCUT2D eigenvalue weighted by molar-refractivity contribution is -0.164.